The fraction of sp³-hybridized carbons (Fsp3) is 1.00. The molecule has 0 spiro atoms. The summed E-state index contributed by atoms with van der Waals surface area (Å²) in [7, 11) is 2.03. The lowest BCUT2D eigenvalue weighted by Gasteiger charge is -2.22. The first kappa shape index (κ1) is 11.9. The maximum atomic E-state index is 5.91. The summed E-state index contributed by atoms with van der Waals surface area (Å²) in [5.41, 5.74) is 5.90. The van der Waals surface area contributed by atoms with Gasteiger partial charge in [-0.05, 0) is 40.2 Å². The average Bonchev–Trinajstić information content (AvgIpc) is 1.96. The number of nitrogens with one attached hydrogen (secondary N) is 1. The van der Waals surface area contributed by atoms with Crippen molar-refractivity contribution in [3.8, 4) is 0 Å². The van der Waals surface area contributed by atoms with Crippen LogP contribution in [0.3, 0.4) is 0 Å². The van der Waals surface area contributed by atoms with Gasteiger partial charge in [-0.25, -0.2) is 0 Å². The Balaban J connectivity index is 3.58. The second kappa shape index (κ2) is 5.55. The van der Waals surface area contributed by atoms with Gasteiger partial charge in [-0.1, -0.05) is 13.3 Å². The highest BCUT2D eigenvalue weighted by Gasteiger charge is 2.13. The van der Waals surface area contributed by atoms with E-state index in [-0.39, 0.29) is 5.54 Å². The van der Waals surface area contributed by atoms with Crippen LogP contribution in [0.4, 0.5) is 0 Å². The summed E-state index contributed by atoms with van der Waals surface area (Å²) in [4.78, 5) is 0. The van der Waals surface area contributed by atoms with E-state index in [2.05, 4.69) is 26.1 Å². The molecule has 0 aliphatic carbocycles. The van der Waals surface area contributed by atoms with Gasteiger partial charge in [0.2, 0.25) is 0 Å². The van der Waals surface area contributed by atoms with Crippen LogP contribution in [0.1, 0.15) is 46.5 Å². The zero-order valence-electron chi connectivity index (χ0n) is 8.98. The van der Waals surface area contributed by atoms with E-state index in [1.165, 1.54) is 19.3 Å². The van der Waals surface area contributed by atoms with Crippen molar-refractivity contribution in [1.82, 2.24) is 5.32 Å². The topological polar surface area (TPSA) is 38.0 Å². The Morgan fingerprint density at radius 1 is 1.33 bits per heavy atom. The molecule has 0 aliphatic heterocycles. The number of hydrogen-bond donors (Lipinski definition) is 2. The molecule has 0 saturated carbocycles. The van der Waals surface area contributed by atoms with Gasteiger partial charge in [-0.3, -0.25) is 0 Å². The lowest BCUT2D eigenvalue weighted by atomic mass is 9.95. The molecule has 0 saturated heterocycles. The molecule has 0 aromatic rings. The fourth-order valence-corrected chi connectivity index (χ4v) is 1.33. The molecular formula is C10H24N2. The van der Waals surface area contributed by atoms with Gasteiger partial charge in [0.1, 0.15) is 0 Å². The molecule has 0 amide bonds. The molecule has 1 atom stereocenters. The van der Waals surface area contributed by atoms with Gasteiger partial charge in [0.05, 0.1) is 0 Å². The smallest absolute Gasteiger partial charge is 0.00976 e. The van der Waals surface area contributed by atoms with Crippen LogP contribution in [-0.2, 0) is 0 Å². The van der Waals surface area contributed by atoms with Crippen LogP contribution in [0, 0.1) is 0 Å². The summed E-state index contributed by atoms with van der Waals surface area (Å²) in [6.45, 7) is 6.40. The van der Waals surface area contributed by atoms with Crippen LogP contribution < -0.4 is 11.1 Å². The van der Waals surface area contributed by atoms with E-state index in [0.717, 1.165) is 6.42 Å². The van der Waals surface area contributed by atoms with Crippen LogP contribution in [0.2, 0.25) is 0 Å². The van der Waals surface area contributed by atoms with E-state index in [0.29, 0.717) is 6.04 Å². The van der Waals surface area contributed by atoms with Crippen LogP contribution in [0.15, 0.2) is 0 Å². The summed E-state index contributed by atoms with van der Waals surface area (Å²) in [5, 5.41) is 3.32. The first-order chi connectivity index (χ1) is 5.49. The predicted octanol–water partition coefficient (Wildman–Crippen LogP) is 1.89. The third-order valence-corrected chi connectivity index (χ3v) is 2.18. The van der Waals surface area contributed by atoms with Crippen molar-refractivity contribution in [2.24, 2.45) is 5.73 Å². The maximum Gasteiger partial charge on any atom is 0.00976 e. The maximum absolute atomic E-state index is 5.91. The SMILES string of the molecule is CCCC(CCC(C)(C)N)NC. The molecule has 0 bridgehead atoms. The van der Waals surface area contributed by atoms with Crippen molar-refractivity contribution in [3.05, 3.63) is 0 Å². The molecule has 0 fully saturated rings. The van der Waals surface area contributed by atoms with Gasteiger partial charge in [0.15, 0.2) is 0 Å². The highest BCUT2D eigenvalue weighted by molar-refractivity contribution is 4.75. The number of rotatable bonds is 6. The molecule has 12 heavy (non-hydrogen) atoms. The molecule has 3 N–H and O–H groups in total. The van der Waals surface area contributed by atoms with Crippen molar-refractivity contribution in [2.75, 3.05) is 7.05 Å². The lowest BCUT2D eigenvalue weighted by molar-refractivity contribution is 0.391. The van der Waals surface area contributed by atoms with E-state index in [1.54, 1.807) is 0 Å². The predicted molar refractivity (Wildman–Crippen MR) is 55.3 cm³/mol. The molecular weight excluding hydrogens is 148 g/mol. The van der Waals surface area contributed by atoms with Gasteiger partial charge < -0.3 is 11.1 Å². The Bertz CT molecular complexity index is 105. The Kier molecular flexibility index (Phi) is 5.51. The molecule has 74 valence electrons. The van der Waals surface area contributed by atoms with E-state index in [1.807, 2.05) is 7.05 Å². The van der Waals surface area contributed by atoms with Crippen LogP contribution >= 0.6 is 0 Å². The molecule has 1 unspecified atom stereocenters. The van der Waals surface area contributed by atoms with Crippen LogP contribution in [-0.4, -0.2) is 18.6 Å². The van der Waals surface area contributed by atoms with Gasteiger partial charge in [-0.15, -0.1) is 0 Å². The molecule has 0 heterocycles. The Morgan fingerprint density at radius 3 is 2.25 bits per heavy atom. The molecule has 0 aliphatic rings. The Morgan fingerprint density at radius 2 is 1.92 bits per heavy atom. The molecule has 2 heteroatoms. The molecule has 0 rings (SSSR count). The van der Waals surface area contributed by atoms with E-state index < -0.39 is 0 Å². The zero-order valence-corrected chi connectivity index (χ0v) is 8.98. The minimum atomic E-state index is -0.0111. The fourth-order valence-electron chi connectivity index (χ4n) is 1.33. The van der Waals surface area contributed by atoms with Crippen molar-refractivity contribution < 1.29 is 0 Å². The summed E-state index contributed by atoms with van der Waals surface area (Å²) in [6.07, 6.45) is 4.79. The normalized spacial score (nSPS) is 14.8. The Hall–Kier alpha value is -0.0800. The molecule has 0 aromatic carbocycles. The lowest BCUT2D eigenvalue weighted by Crippen LogP contribution is -2.35. The second-order valence-corrected chi connectivity index (χ2v) is 4.30. The van der Waals surface area contributed by atoms with Crippen molar-refractivity contribution >= 4 is 0 Å². The average molecular weight is 172 g/mol. The minimum absolute atomic E-state index is 0.0111. The highest BCUT2D eigenvalue weighted by Crippen LogP contribution is 2.11. The molecule has 0 aromatic heterocycles. The molecule has 2 nitrogen and oxygen atoms in total. The van der Waals surface area contributed by atoms with Crippen LogP contribution in [0.25, 0.3) is 0 Å². The van der Waals surface area contributed by atoms with Gasteiger partial charge in [0.25, 0.3) is 0 Å². The first-order valence-corrected chi connectivity index (χ1v) is 4.95. The highest BCUT2D eigenvalue weighted by atomic mass is 14.9. The van der Waals surface area contributed by atoms with E-state index >= 15 is 0 Å². The third kappa shape index (κ3) is 6.62. The summed E-state index contributed by atoms with van der Waals surface area (Å²) >= 11 is 0. The van der Waals surface area contributed by atoms with Crippen molar-refractivity contribution in [3.63, 3.8) is 0 Å². The van der Waals surface area contributed by atoms with Crippen LogP contribution in [0.5, 0.6) is 0 Å². The van der Waals surface area contributed by atoms with Gasteiger partial charge in [-0.2, -0.15) is 0 Å². The summed E-state index contributed by atoms with van der Waals surface area (Å²) in [5.74, 6) is 0. The zero-order chi connectivity index (χ0) is 9.61. The van der Waals surface area contributed by atoms with Gasteiger partial charge in [0, 0.05) is 11.6 Å². The third-order valence-electron chi connectivity index (χ3n) is 2.18. The monoisotopic (exact) mass is 172 g/mol. The van der Waals surface area contributed by atoms with Crippen molar-refractivity contribution in [1.29, 1.82) is 0 Å². The number of hydrogen-bond acceptors (Lipinski definition) is 2. The quantitative estimate of drug-likeness (QED) is 0.642. The standard InChI is InChI=1S/C10H24N2/c1-5-6-9(12-4)7-8-10(2,3)11/h9,12H,5-8,11H2,1-4H3. The van der Waals surface area contributed by atoms with E-state index in [4.69, 9.17) is 5.73 Å². The Labute approximate surface area is 76.9 Å². The van der Waals surface area contributed by atoms with E-state index in [9.17, 15) is 0 Å². The number of nitrogens with two attached hydrogens (primary N) is 1. The summed E-state index contributed by atoms with van der Waals surface area (Å²) < 4.78 is 0. The van der Waals surface area contributed by atoms with Gasteiger partial charge >= 0.3 is 0 Å². The second-order valence-electron chi connectivity index (χ2n) is 4.30. The minimum Gasteiger partial charge on any atom is -0.326 e. The summed E-state index contributed by atoms with van der Waals surface area (Å²) in [6, 6.07) is 0.651. The molecule has 0 radical (unpaired) electrons. The van der Waals surface area contributed by atoms with Crippen molar-refractivity contribution in [2.45, 2.75) is 58.0 Å². The largest absolute Gasteiger partial charge is 0.326 e. The first-order valence-electron chi connectivity index (χ1n) is 4.95.